The highest BCUT2D eigenvalue weighted by atomic mass is 32.2. The monoisotopic (exact) mass is 646 g/mol. The Morgan fingerprint density at radius 1 is 0.766 bits per heavy atom. The van der Waals surface area contributed by atoms with E-state index in [1.54, 1.807) is 72.8 Å². The number of unbranched alkanes of at least 4 members (excludes halogenated alkanes) is 3. The molecule has 5 rings (SSSR count). The number of rotatable bonds is 13. The Labute approximate surface area is 277 Å². The molecule has 9 heteroatoms. The Kier molecular flexibility index (Phi) is 11.2. The summed E-state index contributed by atoms with van der Waals surface area (Å²) in [6.07, 6.45) is 4.47. The molecule has 4 aromatic carbocycles. The Hall–Kier alpha value is -5.15. The molecule has 0 amide bonds. The van der Waals surface area contributed by atoms with Gasteiger partial charge in [-0.2, -0.15) is 0 Å². The zero-order chi connectivity index (χ0) is 33.2. The highest BCUT2D eigenvalue weighted by molar-refractivity contribution is 7.99. The molecule has 47 heavy (non-hydrogen) atoms. The van der Waals surface area contributed by atoms with Crippen LogP contribution in [0.2, 0.25) is 0 Å². The van der Waals surface area contributed by atoms with E-state index in [0.717, 1.165) is 46.6 Å². The molecule has 0 N–H and O–H groups in total. The quantitative estimate of drug-likeness (QED) is 0.0471. The molecule has 0 saturated carbocycles. The van der Waals surface area contributed by atoms with Crippen molar-refractivity contribution < 1.29 is 28.9 Å². The van der Waals surface area contributed by atoms with Gasteiger partial charge in [0.05, 0.1) is 11.1 Å². The van der Waals surface area contributed by atoms with Gasteiger partial charge in [0.25, 0.3) is 0 Å². The summed E-state index contributed by atoms with van der Waals surface area (Å²) in [5.41, 5.74) is 3.79. The largest absolute Gasteiger partial charge is 0.365 e. The van der Waals surface area contributed by atoms with E-state index in [1.165, 1.54) is 11.8 Å². The van der Waals surface area contributed by atoms with E-state index in [1.807, 2.05) is 31.2 Å². The van der Waals surface area contributed by atoms with E-state index in [2.05, 4.69) is 17.2 Å². The lowest BCUT2D eigenvalue weighted by Gasteiger charge is -2.10. The molecule has 0 atom stereocenters. The maximum atomic E-state index is 13.4. The average molecular weight is 647 g/mol. The third-order valence-corrected chi connectivity index (χ3v) is 8.80. The second kappa shape index (κ2) is 15.9. The topological polar surface area (TPSA) is 111 Å². The lowest BCUT2D eigenvalue weighted by atomic mass is 10.0. The van der Waals surface area contributed by atoms with Crippen molar-refractivity contribution in [2.45, 2.75) is 62.2 Å². The van der Waals surface area contributed by atoms with Crippen molar-refractivity contribution in [2.24, 2.45) is 10.3 Å². The molecular formula is C38H34N2O6S. The van der Waals surface area contributed by atoms with Gasteiger partial charge in [0.1, 0.15) is 11.4 Å². The van der Waals surface area contributed by atoms with E-state index < -0.39 is 11.9 Å². The molecule has 0 unspecified atom stereocenters. The standard InChI is InChI=1S/C38H34N2O6S/c1-3-4-5-12-17-32(39-45-37(43)27-13-8-6-9-14-27)35(41)26-18-20-30(21-19-26)47-34-24-29-23-33(36(42)31(29)22-25(34)2)40-46-38(44)28-15-10-7-11-16-28/h6-11,13-16,18-22,24H,3-5,12,17,23H2,1-2H3/b39-32+,40-33?. The van der Waals surface area contributed by atoms with Gasteiger partial charge in [-0.05, 0) is 91.6 Å². The first kappa shape index (κ1) is 33.2. The SMILES string of the molecule is CCCCCC/C(=N\OC(=O)c1ccccc1)C(=O)c1ccc(Sc2cc3c(cc2C)C(=O)C(=NOC(=O)c2ccccc2)C3)cc1. The van der Waals surface area contributed by atoms with Crippen molar-refractivity contribution in [3.8, 4) is 0 Å². The number of hydrogen-bond acceptors (Lipinski definition) is 9. The number of aryl methyl sites for hydroxylation is 1. The third-order valence-electron chi connectivity index (χ3n) is 7.64. The van der Waals surface area contributed by atoms with Gasteiger partial charge < -0.3 is 9.68 Å². The molecule has 0 radical (unpaired) electrons. The normalized spacial score (nSPS) is 13.4. The summed E-state index contributed by atoms with van der Waals surface area (Å²) in [5.74, 6) is -1.79. The first-order valence-corrected chi connectivity index (χ1v) is 16.3. The van der Waals surface area contributed by atoms with Crippen molar-refractivity contribution in [1.82, 2.24) is 0 Å². The van der Waals surface area contributed by atoms with Crippen LogP contribution in [0.15, 0.2) is 117 Å². The number of carbonyl (C=O) groups excluding carboxylic acids is 4. The summed E-state index contributed by atoms with van der Waals surface area (Å²) >= 11 is 1.51. The van der Waals surface area contributed by atoms with Crippen LogP contribution < -0.4 is 0 Å². The summed E-state index contributed by atoms with van der Waals surface area (Å²) in [7, 11) is 0. The van der Waals surface area contributed by atoms with Crippen molar-refractivity contribution in [3.05, 3.63) is 130 Å². The zero-order valence-electron chi connectivity index (χ0n) is 26.2. The average Bonchev–Trinajstić information content (AvgIpc) is 3.41. The summed E-state index contributed by atoms with van der Waals surface area (Å²) in [6, 6.07) is 28.0. The predicted octanol–water partition coefficient (Wildman–Crippen LogP) is 8.46. The highest BCUT2D eigenvalue weighted by Gasteiger charge is 2.29. The lowest BCUT2D eigenvalue weighted by Crippen LogP contribution is -2.16. The van der Waals surface area contributed by atoms with Crippen LogP contribution in [0.5, 0.6) is 0 Å². The molecule has 0 bridgehead atoms. The van der Waals surface area contributed by atoms with Gasteiger partial charge in [0.15, 0.2) is 0 Å². The zero-order valence-corrected chi connectivity index (χ0v) is 27.0. The Bertz CT molecular complexity index is 1830. The molecule has 0 heterocycles. The predicted molar refractivity (Wildman–Crippen MR) is 181 cm³/mol. The molecule has 4 aromatic rings. The number of carbonyl (C=O) groups is 4. The lowest BCUT2D eigenvalue weighted by molar-refractivity contribution is 0.0505. The molecule has 8 nitrogen and oxygen atoms in total. The molecule has 1 aliphatic carbocycles. The molecule has 0 spiro atoms. The number of fused-ring (bicyclic) bond motifs is 1. The molecular weight excluding hydrogens is 612 g/mol. The molecule has 238 valence electrons. The van der Waals surface area contributed by atoms with Gasteiger partial charge in [0.2, 0.25) is 11.6 Å². The van der Waals surface area contributed by atoms with Gasteiger partial charge in [-0.25, -0.2) is 9.59 Å². The van der Waals surface area contributed by atoms with Crippen LogP contribution in [-0.4, -0.2) is 34.9 Å². The maximum Gasteiger partial charge on any atom is 0.365 e. The number of benzene rings is 4. The minimum absolute atomic E-state index is 0.176. The molecule has 0 fully saturated rings. The second-order valence-corrected chi connectivity index (χ2v) is 12.2. The van der Waals surface area contributed by atoms with Gasteiger partial charge in [-0.15, -0.1) is 0 Å². The number of ketones is 2. The van der Waals surface area contributed by atoms with Crippen LogP contribution in [0.1, 0.15) is 91.6 Å². The second-order valence-electron chi connectivity index (χ2n) is 11.1. The Balaban J connectivity index is 1.26. The fourth-order valence-corrected chi connectivity index (χ4v) is 5.97. The first-order chi connectivity index (χ1) is 22.8. The maximum absolute atomic E-state index is 13.4. The van der Waals surface area contributed by atoms with Crippen molar-refractivity contribution in [1.29, 1.82) is 0 Å². The van der Waals surface area contributed by atoms with Crippen molar-refractivity contribution >= 4 is 46.7 Å². The van der Waals surface area contributed by atoms with E-state index in [4.69, 9.17) is 9.68 Å². The number of nitrogens with zero attached hydrogens (tertiary/aromatic N) is 2. The molecule has 0 saturated heterocycles. The van der Waals surface area contributed by atoms with Crippen molar-refractivity contribution in [2.75, 3.05) is 0 Å². The fourth-order valence-electron chi connectivity index (χ4n) is 5.02. The van der Waals surface area contributed by atoms with Crippen LogP contribution in [0.3, 0.4) is 0 Å². The summed E-state index contributed by atoms with van der Waals surface area (Å²) in [4.78, 5) is 63.3. The van der Waals surface area contributed by atoms with Gasteiger partial charge >= 0.3 is 11.9 Å². The van der Waals surface area contributed by atoms with Gasteiger partial charge in [0, 0.05) is 27.3 Å². The third kappa shape index (κ3) is 8.56. The van der Waals surface area contributed by atoms with Crippen LogP contribution in [0.25, 0.3) is 0 Å². The van der Waals surface area contributed by atoms with Gasteiger partial charge in [-0.3, -0.25) is 9.59 Å². The van der Waals surface area contributed by atoms with Crippen LogP contribution in [0, 0.1) is 6.92 Å². The van der Waals surface area contributed by atoms with Gasteiger partial charge in [-0.1, -0.05) is 84.7 Å². The molecule has 1 aliphatic rings. The first-order valence-electron chi connectivity index (χ1n) is 15.5. The number of hydrogen-bond donors (Lipinski definition) is 0. The Morgan fingerprint density at radius 3 is 2.04 bits per heavy atom. The minimum atomic E-state index is -0.626. The van der Waals surface area contributed by atoms with Crippen LogP contribution >= 0.6 is 11.8 Å². The molecule has 0 aliphatic heterocycles. The fraction of sp³-hybridized carbons (Fsp3) is 0.211. The highest BCUT2D eigenvalue weighted by Crippen LogP contribution is 2.35. The Morgan fingerprint density at radius 2 is 1.40 bits per heavy atom. The molecule has 0 aromatic heterocycles. The van der Waals surface area contributed by atoms with E-state index in [0.29, 0.717) is 28.7 Å². The summed E-state index contributed by atoms with van der Waals surface area (Å²) in [5, 5.41) is 7.89. The van der Waals surface area contributed by atoms with Crippen LogP contribution in [0.4, 0.5) is 0 Å². The smallest absolute Gasteiger partial charge is 0.312 e. The van der Waals surface area contributed by atoms with E-state index in [-0.39, 0.29) is 29.4 Å². The van der Waals surface area contributed by atoms with E-state index in [9.17, 15) is 19.2 Å². The summed E-state index contributed by atoms with van der Waals surface area (Å²) < 4.78 is 0. The van der Waals surface area contributed by atoms with Crippen molar-refractivity contribution in [3.63, 3.8) is 0 Å². The number of oxime groups is 2. The van der Waals surface area contributed by atoms with E-state index >= 15 is 0 Å². The minimum Gasteiger partial charge on any atom is -0.312 e. The summed E-state index contributed by atoms with van der Waals surface area (Å²) in [6.45, 7) is 4.04. The number of Topliss-reactive ketones (excluding diaryl/α,β-unsaturated/α-hetero) is 2. The van der Waals surface area contributed by atoms with Crippen LogP contribution in [-0.2, 0) is 16.1 Å².